The number of allylic oxidation sites excluding steroid dienone is 1. The van der Waals surface area contributed by atoms with Gasteiger partial charge in [-0.1, -0.05) is 53.5 Å². The van der Waals surface area contributed by atoms with E-state index < -0.39 is 47.7 Å². The first-order valence-corrected chi connectivity index (χ1v) is 16.2. The van der Waals surface area contributed by atoms with E-state index in [1.807, 2.05) is 30.3 Å². The lowest BCUT2D eigenvalue weighted by Crippen LogP contribution is -2.53. The van der Waals surface area contributed by atoms with Crippen LogP contribution in [0.5, 0.6) is 5.75 Å². The van der Waals surface area contributed by atoms with Gasteiger partial charge in [-0.25, -0.2) is 9.59 Å². The number of benzene rings is 2. The molecule has 2 aromatic rings. The van der Waals surface area contributed by atoms with Crippen molar-refractivity contribution in [1.82, 2.24) is 10.2 Å². The van der Waals surface area contributed by atoms with Crippen LogP contribution in [0.2, 0.25) is 10.0 Å². The second-order valence-corrected chi connectivity index (χ2v) is 11.4. The van der Waals surface area contributed by atoms with E-state index in [1.54, 1.807) is 27.7 Å². The summed E-state index contributed by atoms with van der Waals surface area (Å²) in [5.41, 5.74) is 1.59. The molecule has 13 heteroatoms. The van der Waals surface area contributed by atoms with Crippen molar-refractivity contribution in [2.24, 2.45) is 0 Å². The number of carbonyl (C=O) groups excluding carboxylic acids is 5. The van der Waals surface area contributed by atoms with Gasteiger partial charge in [0.25, 0.3) is 0 Å². The Bertz CT molecular complexity index is 1460. The fourth-order valence-corrected chi connectivity index (χ4v) is 5.53. The van der Waals surface area contributed by atoms with E-state index in [9.17, 15) is 24.0 Å². The average Bonchev–Trinajstić information content (AvgIpc) is 3.47. The number of nitrogens with one attached hydrogen (secondary N) is 1. The number of rotatable bonds is 16. The summed E-state index contributed by atoms with van der Waals surface area (Å²) >= 11 is 12.7. The van der Waals surface area contributed by atoms with E-state index in [0.717, 1.165) is 5.56 Å². The highest BCUT2D eigenvalue weighted by Gasteiger charge is 2.40. The number of carbonyl (C=O) groups is 5. The molecule has 0 radical (unpaired) electrons. The van der Waals surface area contributed by atoms with Crippen molar-refractivity contribution in [3.05, 3.63) is 75.3 Å². The molecule has 0 bridgehead atoms. The Labute approximate surface area is 284 Å². The number of halogens is 2. The molecular weight excluding hydrogens is 651 g/mol. The number of likely N-dealkylation sites (tertiary alicyclic amines) is 1. The van der Waals surface area contributed by atoms with Crippen LogP contribution < -0.4 is 10.1 Å². The summed E-state index contributed by atoms with van der Waals surface area (Å²) in [5, 5.41) is 2.95. The molecule has 1 aliphatic rings. The molecule has 0 unspecified atom stereocenters. The largest absolute Gasteiger partial charge is 0.480 e. The SMILES string of the molecule is CCOC(=O)COc1ccc(C(=O)C=C2C[C@@H](C(=O)OCC)N(C(=O)[C@H](C)N[C@@H](CCc3ccccc3)C(=O)OCC)C2)c(Cl)c1Cl. The van der Waals surface area contributed by atoms with Gasteiger partial charge in [-0.3, -0.25) is 19.7 Å². The predicted molar refractivity (Wildman–Crippen MR) is 176 cm³/mol. The maximum atomic E-state index is 13.7. The van der Waals surface area contributed by atoms with Crippen molar-refractivity contribution in [2.45, 2.75) is 65.1 Å². The van der Waals surface area contributed by atoms with Gasteiger partial charge in [0, 0.05) is 18.5 Å². The summed E-state index contributed by atoms with van der Waals surface area (Å²) in [7, 11) is 0. The first-order valence-electron chi connectivity index (χ1n) is 15.4. The molecule has 47 heavy (non-hydrogen) atoms. The van der Waals surface area contributed by atoms with Crippen molar-refractivity contribution in [1.29, 1.82) is 0 Å². The summed E-state index contributed by atoms with van der Waals surface area (Å²) in [6.07, 6.45) is 2.34. The smallest absolute Gasteiger partial charge is 0.344 e. The van der Waals surface area contributed by atoms with E-state index >= 15 is 0 Å². The molecule has 1 fully saturated rings. The standard InChI is InChI=1S/C34H40Cl2N2O9/c1-5-44-29(40)20-47-28-16-14-24(30(35)31(28)36)27(39)18-23-17-26(34(43)46-7-3)38(19-23)32(41)21(4)37-25(33(42)45-6-2)15-13-22-11-9-8-10-12-22/h8-12,14,16,18,21,25-26,37H,5-7,13,15,17,19-20H2,1-4H3/t21-,25-,26-/m0/s1. The van der Waals surface area contributed by atoms with Crippen LogP contribution in [0.25, 0.3) is 0 Å². The third kappa shape index (κ3) is 10.5. The average molecular weight is 692 g/mol. The van der Waals surface area contributed by atoms with Gasteiger partial charge >= 0.3 is 17.9 Å². The Balaban J connectivity index is 1.78. The predicted octanol–water partition coefficient (Wildman–Crippen LogP) is 4.75. The van der Waals surface area contributed by atoms with Gasteiger partial charge in [-0.2, -0.15) is 0 Å². The molecule has 1 saturated heterocycles. The van der Waals surface area contributed by atoms with Crippen molar-refractivity contribution in [3.8, 4) is 5.75 Å². The Hall–Kier alpha value is -3.93. The minimum Gasteiger partial charge on any atom is -0.480 e. The lowest BCUT2D eigenvalue weighted by atomic mass is 10.0. The zero-order chi connectivity index (χ0) is 34.5. The molecule has 3 atom stereocenters. The van der Waals surface area contributed by atoms with Gasteiger partial charge in [0.15, 0.2) is 12.4 Å². The highest BCUT2D eigenvalue weighted by Crippen LogP contribution is 2.36. The molecule has 1 heterocycles. The van der Waals surface area contributed by atoms with Crippen LogP contribution in [0.15, 0.2) is 54.1 Å². The topological polar surface area (TPSA) is 138 Å². The van der Waals surface area contributed by atoms with Gasteiger partial charge in [-0.15, -0.1) is 0 Å². The number of hydrogen-bond acceptors (Lipinski definition) is 10. The van der Waals surface area contributed by atoms with Crippen LogP contribution in [-0.2, 0) is 39.8 Å². The van der Waals surface area contributed by atoms with E-state index in [1.165, 1.54) is 23.1 Å². The first kappa shape index (κ1) is 37.5. The monoisotopic (exact) mass is 690 g/mol. The highest BCUT2D eigenvalue weighted by atomic mass is 35.5. The third-order valence-corrected chi connectivity index (χ3v) is 8.17. The lowest BCUT2D eigenvalue weighted by molar-refractivity contribution is -0.154. The zero-order valence-corrected chi connectivity index (χ0v) is 28.4. The molecule has 1 amide bonds. The van der Waals surface area contributed by atoms with Crippen LogP contribution in [-0.4, -0.2) is 85.6 Å². The fourth-order valence-electron chi connectivity index (χ4n) is 5.06. The molecule has 0 aromatic heterocycles. The van der Waals surface area contributed by atoms with E-state index in [0.29, 0.717) is 18.4 Å². The molecule has 0 spiro atoms. The first-order chi connectivity index (χ1) is 22.5. The van der Waals surface area contributed by atoms with Gasteiger partial charge in [0.1, 0.15) is 22.9 Å². The number of ketones is 1. The number of nitrogens with zero attached hydrogens (tertiary/aromatic N) is 1. The van der Waals surface area contributed by atoms with Crippen LogP contribution in [0.4, 0.5) is 0 Å². The molecule has 3 rings (SSSR count). The van der Waals surface area contributed by atoms with Crippen molar-refractivity contribution in [2.75, 3.05) is 33.0 Å². The van der Waals surface area contributed by atoms with Crippen LogP contribution in [0.3, 0.4) is 0 Å². The summed E-state index contributed by atoms with van der Waals surface area (Å²) < 4.78 is 20.7. The highest BCUT2D eigenvalue weighted by molar-refractivity contribution is 6.45. The van der Waals surface area contributed by atoms with Crippen molar-refractivity contribution >= 4 is 52.8 Å². The second kappa shape index (κ2) is 18.4. The number of hydrogen-bond donors (Lipinski definition) is 1. The number of esters is 3. The van der Waals surface area contributed by atoms with E-state index in [2.05, 4.69) is 5.32 Å². The minimum absolute atomic E-state index is 0.0275. The molecule has 0 aliphatic carbocycles. The number of amides is 1. The Morgan fingerprint density at radius 3 is 2.28 bits per heavy atom. The summed E-state index contributed by atoms with van der Waals surface area (Å²) in [4.78, 5) is 65.8. The molecule has 2 aromatic carbocycles. The maximum absolute atomic E-state index is 13.7. The summed E-state index contributed by atoms with van der Waals surface area (Å²) in [6.45, 7) is 6.71. The Morgan fingerprint density at radius 1 is 0.936 bits per heavy atom. The molecule has 0 saturated carbocycles. The third-order valence-electron chi connectivity index (χ3n) is 7.30. The zero-order valence-electron chi connectivity index (χ0n) is 26.9. The fraction of sp³-hybridized carbons (Fsp3) is 0.441. The van der Waals surface area contributed by atoms with Crippen LogP contribution >= 0.6 is 23.2 Å². The molecule has 1 N–H and O–H groups in total. The van der Waals surface area contributed by atoms with Crippen molar-refractivity contribution in [3.63, 3.8) is 0 Å². The van der Waals surface area contributed by atoms with Crippen LogP contribution in [0.1, 0.15) is 56.5 Å². The van der Waals surface area contributed by atoms with Gasteiger partial charge in [-0.05, 0) is 69.9 Å². The van der Waals surface area contributed by atoms with Crippen LogP contribution in [0, 0.1) is 0 Å². The Morgan fingerprint density at radius 2 is 1.62 bits per heavy atom. The maximum Gasteiger partial charge on any atom is 0.344 e. The molecule has 11 nitrogen and oxygen atoms in total. The van der Waals surface area contributed by atoms with Gasteiger partial charge in [0.2, 0.25) is 5.91 Å². The van der Waals surface area contributed by atoms with E-state index in [-0.39, 0.29) is 60.8 Å². The van der Waals surface area contributed by atoms with Crippen molar-refractivity contribution < 1.29 is 42.9 Å². The lowest BCUT2D eigenvalue weighted by Gasteiger charge is -2.28. The summed E-state index contributed by atoms with van der Waals surface area (Å²) in [5.74, 6) is -2.54. The second-order valence-electron chi connectivity index (χ2n) is 10.7. The Kier molecular flexibility index (Phi) is 14.7. The molecular formula is C34H40Cl2N2O9. The molecule has 254 valence electrons. The minimum atomic E-state index is -0.978. The van der Waals surface area contributed by atoms with E-state index in [4.69, 9.17) is 42.1 Å². The number of aryl methyl sites for hydroxylation is 1. The van der Waals surface area contributed by atoms with Gasteiger partial charge < -0.3 is 23.8 Å². The van der Waals surface area contributed by atoms with Gasteiger partial charge in [0.05, 0.1) is 30.9 Å². The normalized spacial score (nSPS) is 16.3. The molecule has 1 aliphatic heterocycles. The summed E-state index contributed by atoms with van der Waals surface area (Å²) in [6, 6.07) is 9.83. The quantitative estimate of drug-likeness (QED) is 0.114. The number of ether oxygens (including phenoxy) is 4.